The second-order valence-corrected chi connectivity index (χ2v) is 8.52. The van der Waals surface area contributed by atoms with E-state index in [-0.39, 0.29) is 26.7 Å². The zero-order valence-corrected chi connectivity index (χ0v) is 18.2. The van der Waals surface area contributed by atoms with Crippen LogP contribution >= 0.6 is 11.6 Å². The summed E-state index contributed by atoms with van der Waals surface area (Å²) in [5, 5.41) is 2.84. The standard InChI is InChI=1S/C20H23ClN2O5S/c1-5-23(6-2)29(26,27)18-12-14(8-7-13(18)3)19(24)22-17-11-15(20(25)28-4)9-10-16(17)21/h7-12H,5-6H2,1-4H3,(H,22,24). The van der Waals surface area contributed by atoms with Crippen LogP contribution in [-0.4, -0.2) is 44.8 Å². The first-order chi connectivity index (χ1) is 13.6. The molecular weight excluding hydrogens is 416 g/mol. The predicted molar refractivity (Wildman–Crippen MR) is 112 cm³/mol. The first kappa shape index (κ1) is 22.9. The average molecular weight is 439 g/mol. The molecule has 0 aliphatic heterocycles. The third kappa shape index (κ3) is 4.95. The van der Waals surface area contributed by atoms with Crippen molar-refractivity contribution in [2.45, 2.75) is 25.7 Å². The maximum atomic E-state index is 12.9. The number of hydrogen-bond donors (Lipinski definition) is 1. The van der Waals surface area contributed by atoms with E-state index in [9.17, 15) is 18.0 Å². The van der Waals surface area contributed by atoms with Gasteiger partial charge in [-0.3, -0.25) is 4.79 Å². The van der Waals surface area contributed by atoms with Crippen LogP contribution in [0.3, 0.4) is 0 Å². The molecule has 0 aromatic heterocycles. The lowest BCUT2D eigenvalue weighted by atomic mass is 10.1. The van der Waals surface area contributed by atoms with Gasteiger partial charge in [0.25, 0.3) is 5.91 Å². The van der Waals surface area contributed by atoms with E-state index in [1.165, 1.54) is 41.7 Å². The highest BCUT2D eigenvalue weighted by atomic mass is 35.5. The Morgan fingerprint density at radius 1 is 1.07 bits per heavy atom. The fraction of sp³-hybridized carbons (Fsp3) is 0.300. The third-order valence-electron chi connectivity index (χ3n) is 4.41. The number of carbonyl (C=O) groups excluding carboxylic acids is 2. The molecule has 0 bridgehead atoms. The molecule has 0 aliphatic rings. The Balaban J connectivity index is 2.40. The first-order valence-electron chi connectivity index (χ1n) is 8.95. The van der Waals surface area contributed by atoms with E-state index >= 15 is 0 Å². The summed E-state index contributed by atoms with van der Waals surface area (Å²) >= 11 is 6.11. The molecule has 2 aromatic carbocycles. The Morgan fingerprint density at radius 3 is 2.28 bits per heavy atom. The molecule has 2 aromatic rings. The van der Waals surface area contributed by atoms with E-state index in [0.717, 1.165) is 0 Å². The Labute approximate surface area is 175 Å². The summed E-state index contributed by atoms with van der Waals surface area (Å²) in [4.78, 5) is 24.5. The molecule has 1 N–H and O–H groups in total. The van der Waals surface area contributed by atoms with Crippen LogP contribution in [0.2, 0.25) is 5.02 Å². The fourth-order valence-corrected chi connectivity index (χ4v) is 4.66. The van der Waals surface area contributed by atoms with E-state index in [1.807, 2.05) is 0 Å². The number of methoxy groups -OCH3 is 1. The van der Waals surface area contributed by atoms with Crippen molar-refractivity contribution in [3.63, 3.8) is 0 Å². The number of halogens is 1. The number of carbonyl (C=O) groups is 2. The van der Waals surface area contributed by atoms with Crippen LogP contribution in [-0.2, 0) is 14.8 Å². The quantitative estimate of drug-likeness (QED) is 0.665. The summed E-state index contributed by atoms with van der Waals surface area (Å²) in [6.07, 6.45) is 0. The van der Waals surface area contributed by atoms with E-state index in [1.54, 1.807) is 26.8 Å². The highest BCUT2D eigenvalue weighted by molar-refractivity contribution is 7.89. The topological polar surface area (TPSA) is 92.8 Å². The van der Waals surface area contributed by atoms with Crippen LogP contribution in [0.15, 0.2) is 41.3 Å². The molecule has 29 heavy (non-hydrogen) atoms. The van der Waals surface area contributed by atoms with Gasteiger partial charge in [0, 0.05) is 18.7 Å². The number of hydrogen-bond acceptors (Lipinski definition) is 5. The van der Waals surface area contributed by atoms with Gasteiger partial charge in [-0.05, 0) is 42.8 Å². The summed E-state index contributed by atoms with van der Waals surface area (Å²) in [5.74, 6) is -1.12. The predicted octanol–water partition coefficient (Wildman–Crippen LogP) is 3.72. The van der Waals surface area contributed by atoms with Crippen molar-refractivity contribution >= 4 is 39.2 Å². The number of aryl methyl sites for hydroxylation is 1. The zero-order valence-electron chi connectivity index (χ0n) is 16.7. The Kier molecular flexibility index (Phi) is 7.40. The second-order valence-electron chi connectivity index (χ2n) is 6.21. The zero-order chi connectivity index (χ0) is 21.8. The molecule has 0 saturated carbocycles. The van der Waals surface area contributed by atoms with Gasteiger partial charge in [0.05, 0.1) is 28.3 Å². The molecule has 0 aliphatic carbocycles. The smallest absolute Gasteiger partial charge is 0.337 e. The van der Waals surface area contributed by atoms with Crippen LogP contribution < -0.4 is 5.32 Å². The lowest BCUT2D eigenvalue weighted by Gasteiger charge is -2.20. The van der Waals surface area contributed by atoms with E-state index < -0.39 is 21.9 Å². The van der Waals surface area contributed by atoms with Gasteiger partial charge in [-0.2, -0.15) is 4.31 Å². The highest BCUT2D eigenvalue weighted by Gasteiger charge is 2.25. The fourth-order valence-electron chi connectivity index (χ4n) is 2.78. The number of nitrogens with one attached hydrogen (secondary N) is 1. The Bertz CT molecular complexity index is 1030. The molecule has 0 radical (unpaired) electrons. The van der Waals surface area contributed by atoms with Crippen molar-refractivity contribution in [1.29, 1.82) is 0 Å². The van der Waals surface area contributed by atoms with Gasteiger partial charge >= 0.3 is 5.97 Å². The second kappa shape index (κ2) is 9.39. The molecule has 0 spiro atoms. The number of rotatable bonds is 7. The minimum absolute atomic E-state index is 0.0725. The lowest BCUT2D eigenvalue weighted by molar-refractivity contribution is 0.0600. The Morgan fingerprint density at radius 2 is 1.69 bits per heavy atom. The van der Waals surface area contributed by atoms with Gasteiger partial charge in [-0.25, -0.2) is 13.2 Å². The normalized spacial score (nSPS) is 11.4. The monoisotopic (exact) mass is 438 g/mol. The van der Waals surface area contributed by atoms with Crippen LogP contribution in [0.4, 0.5) is 5.69 Å². The van der Waals surface area contributed by atoms with Crippen molar-refractivity contribution in [1.82, 2.24) is 4.31 Å². The van der Waals surface area contributed by atoms with Gasteiger partial charge in [-0.1, -0.05) is 31.5 Å². The van der Waals surface area contributed by atoms with Gasteiger partial charge in [0.2, 0.25) is 10.0 Å². The maximum absolute atomic E-state index is 12.9. The van der Waals surface area contributed by atoms with Crippen LogP contribution in [0.5, 0.6) is 0 Å². The molecule has 0 fully saturated rings. The van der Waals surface area contributed by atoms with Crippen LogP contribution in [0, 0.1) is 6.92 Å². The van der Waals surface area contributed by atoms with Crippen molar-refractivity contribution in [2.75, 3.05) is 25.5 Å². The van der Waals surface area contributed by atoms with Crippen molar-refractivity contribution in [3.8, 4) is 0 Å². The molecule has 0 unspecified atom stereocenters. The van der Waals surface area contributed by atoms with Crippen molar-refractivity contribution < 1.29 is 22.7 Å². The Hall–Kier alpha value is -2.42. The minimum atomic E-state index is -3.72. The van der Waals surface area contributed by atoms with Crippen molar-refractivity contribution in [3.05, 3.63) is 58.1 Å². The summed E-state index contributed by atoms with van der Waals surface area (Å²) in [5.41, 5.74) is 1.13. The molecule has 0 atom stereocenters. The first-order valence-corrected chi connectivity index (χ1v) is 10.8. The number of benzene rings is 2. The van der Waals surface area contributed by atoms with Gasteiger partial charge in [-0.15, -0.1) is 0 Å². The summed E-state index contributed by atoms with van der Waals surface area (Å²) < 4.78 is 31.7. The number of esters is 1. The maximum Gasteiger partial charge on any atom is 0.337 e. The molecule has 7 nitrogen and oxygen atoms in total. The average Bonchev–Trinajstić information content (AvgIpc) is 2.69. The third-order valence-corrected chi connectivity index (χ3v) is 6.93. The van der Waals surface area contributed by atoms with E-state index in [0.29, 0.717) is 18.7 Å². The summed E-state index contributed by atoms with van der Waals surface area (Å²) in [6, 6.07) is 8.80. The largest absolute Gasteiger partial charge is 0.465 e. The molecule has 1 amide bonds. The number of sulfonamides is 1. The number of amides is 1. The number of ether oxygens (including phenoxy) is 1. The molecule has 0 saturated heterocycles. The van der Waals surface area contributed by atoms with Gasteiger partial charge in [0.15, 0.2) is 0 Å². The van der Waals surface area contributed by atoms with Crippen LogP contribution in [0.1, 0.15) is 40.1 Å². The van der Waals surface area contributed by atoms with E-state index in [4.69, 9.17) is 11.6 Å². The molecular formula is C20H23ClN2O5S. The highest BCUT2D eigenvalue weighted by Crippen LogP contribution is 2.26. The van der Waals surface area contributed by atoms with Gasteiger partial charge < -0.3 is 10.1 Å². The molecule has 2 rings (SSSR count). The molecule has 156 valence electrons. The number of nitrogens with zero attached hydrogens (tertiary/aromatic N) is 1. The molecule has 0 heterocycles. The van der Waals surface area contributed by atoms with Crippen LogP contribution in [0.25, 0.3) is 0 Å². The lowest BCUT2D eigenvalue weighted by Crippen LogP contribution is -2.31. The summed E-state index contributed by atoms with van der Waals surface area (Å²) in [7, 11) is -2.47. The van der Waals surface area contributed by atoms with E-state index in [2.05, 4.69) is 10.1 Å². The summed E-state index contributed by atoms with van der Waals surface area (Å²) in [6.45, 7) is 5.83. The molecule has 9 heteroatoms. The van der Waals surface area contributed by atoms with Gasteiger partial charge in [0.1, 0.15) is 0 Å². The minimum Gasteiger partial charge on any atom is -0.465 e. The SMILES string of the molecule is CCN(CC)S(=O)(=O)c1cc(C(=O)Nc2cc(C(=O)OC)ccc2Cl)ccc1C. The van der Waals surface area contributed by atoms with Crippen molar-refractivity contribution in [2.24, 2.45) is 0 Å². The number of anilines is 1.